The van der Waals surface area contributed by atoms with Crippen LogP contribution in [0.15, 0.2) is 30.7 Å². The van der Waals surface area contributed by atoms with E-state index in [1.165, 1.54) is 0 Å². The summed E-state index contributed by atoms with van der Waals surface area (Å²) in [5.74, 6) is 1.26. The van der Waals surface area contributed by atoms with E-state index in [0.717, 1.165) is 0 Å². The maximum absolute atomic E-state index is 12.6. The SMILES string of the molecule is COc1ccnc(N2CCN(C(=O)[C@@H](C)Cn3cccn3)CC2)n1. The van der Waals surface area contributed by atoms with Gasteiger partial charge in [-0.15, -0.1) is 0 Å². The van der Waals surface area contributed by atoms with Gasteiger partial charge in [-0.2, -0.15) is 10.1 Å². The van der Waals surface area contributed by atoms with E-state index >= 15 is 0 Å². The fraction of sp³-hybridized carbons (Fsp3) is 0.500. The fourth-order valence-electron chi connectivity index (χ4n) is 2.80. The molecule has 8 heteroatoms. The Morgan fingerprint density at radius 2 is 2.08 bits per heavy atom. The van der Waals surface area contributed by atoms with Crippen molar-refractivity contribution in [2.45, 2.75) is 13.5 Å². The van der Waals surface area contributed by atoms with Gasteiger partial charge in [0.1, 0.15) is 0 Å². The molecule has 1 fully saturated rings. The van der Waals surface area contributed by atoms with Crippen LogP contribution in [0.5, 0.6) is 5.88 Å². The van der Waals surface area contributed by atoms with Crippen LogP contribution in [0.25, 0.3) is 0 Å². The maximum Gasteiger partial charge on any atom is 0.228 e. The highest BCUT2D eigenvalue weighted by Crippen LogP contribution is 2.16. The van der Waals surface area contributed by atoms with Crippen molar-refractivity contribution in [1.82, 2.24) is 24.6 Å². The molecule has 0 aromatic carbocycles. The van der Waals surface area contributed by atoms with Crippen LogP contribution in [0.2, 0.25) is 0 Å². The van der Waals surface area contributed by atoms with Gasteiger partial charge in [0.15, 0.2) is 0 Å². The fourth-order valence-corrected chi connectivity index (χ4v) is 2.80. The van der Waals surface area contributed by atoms with Gasteiger partial charge in [0.25, 0.3) is 0 Å². The molecule has 0 aliphatic carbocycles. The lowest BCUT2D eigenvalue weighted by molar-refractivity contribution is -0.135. The number of amides is 1. The molecule has 0 saturated carbocycles. The van der Waals surface area contributed by atoms with Crippen molar-refractivity contribution >= 4 is 11.9 Å². The lowest BCUT2D eigenvalue weighted by Gasteiger charge is -2.36. The zero-order chi connectivity index (χ0) is 16.9. The number of carbonyl (C=O) groups is 1. The Kier molecular flexibility index (Phi) is 4.93. The minimum absolute atomic E-state index is 0.0930. The average Bonchev–Trinajstić information content (AvgIpc) is 3.14. The molecule has 2 aromatic rings. The largest absolute Gasteiger partial charge is 0.481 e. The standard InChI is InChI=1S/C16H22N6O2/c1-13(12-22-7-3-5-18-22)15(23)20-8-10-21(11-9-20)16-17-6-4-14(19-16)24-2/h3-7,13H,8-12H2,1-2H3/t13-/m0/s1. The number of nitrogens with zero attached hydrogens (tertiary/aromatic N) is 6. The minimum atomic E-state index is -0.0930. The van der Waals surface area contributed by atoms with E-state index in [2.05, 4.69) is 20.0 Å². The number of methoxy groups -OCH3 is 1. The van der Waals surface area contributed by atoms with Crippen molar-refractivity contribution < 1.29 is 9.53 Å². The van der Waals surface area contributed by atoms with Crippen molar-refractivity contribution in [3.8, 4) is 5.88 Å². The highest BCUT2D eigenvalue weighted by Gasteiger charge is 2.26. The number of aromatic nitrogens is 4. The van der Waals surface area contributed by atoms with Crippen LogP contribution >= 0.6 is 0 Å². The van der Waals surface area contributed by atoms with E-state index in [9.17, 15) is 4.79 Å². The summed E-state index contributed by atoms with van der Waals surface area (Å²) < 4.78 is 6.93. The summed E-state index contributed by atoms with van der Waals surface area (Å²) >= 11 is 0. The highest BCUT2D eigenvalue weighted by atomic mass is 16.5. The summed E-state index contributed by atoms with van der Waals surface area (Å²) in [6.07, 6.45) is 5.29. The molecule has 0 bridgehead atoms. The van der Waals surface area contributed by atoms with Gasteiger partial charge >= 0.3 is 0 Å². The first-order valence-corrected chi connectivity index (χ1v) is 8.05. The molecule has 1 atom stereocenters. The van der Waals surface area contributed by atoms with Crippen molar-refractivity contribution in [3.05, 3.63) is 30.7 Å². The Bertz CT molecular complexity index is 667. The topological polar surface area (TPSA) is 76.4 Å². The van der Waals surface area contributed by atoms with Crippen molar-refractivity contribution in [2.75, 3.05) is 38.2 Å². The monoisotopic (exact) mass is 330 g/mol. The number of rotatable bonds is 5. The summed E-state index contributed by atoms with van der Waals surface area (Å²) in [5.41, 5.74) is 0. The van der Waals surface area contributed by atoms with E-state index in [1.807, 2.05) is 24.1 Å². The third-order valence-electron chi connectivity index (χ3n) is 4.14. The quantitative estimate of drug-likeness (QED) is 0.802. The van der Waals surface area contributed by atoms with Gasteiger partial charge in [0.2, 0.25) is 17.7 Å². The number of ether oxygens (including phenoxy) is 1. The Morgan fingerprint density at radius 3 is 2.75 bits per heavy atom. The van der Waals surface area contributed by atoms with Crippen LogP contribution in [0.4, 0.5) is 5.95 Å². The third-order valence-corrected chi connectivity index (χ3v) is 4.14. The second-order valence-corrected chi connectivity index (χ2v) is 5.84. The van der Waals surface area contributed by atoms with Crippen molar-refractivity contribution in [2.24, 2.45) is 5.92 Å². The van der Waals surface area contributed by atoms with E-state index in [0.29, 0.717) is 44.6 Å². The predicted molar refractivity (Wildman–Crippen MR) is 88.8 cm³/mol. The maximum atomic E-state index is 12.6. The van der Waals surface area contributed by atoms with Gasteiger partial charge in [-0.3, -0.25) is 9.48 Å². The first-order valence-electron chi connectivity index (χ1n) is 8.05. The molecule has 0 unspecified atom stereocenters. The van der Waals surface area contributed by atoms with Gasteiger partial charge in [-0.05, 0) is 6.07 Å². The Hall–Kier alpha value is -2.64. The summed E-state index contributed by atoms with van der Waals surface area (Å²) in [4.78, 5) is 25.2. The van der Waals surface area contributed by atoms with Gasteiger partial charge in [-0.1, -0.05) is 6.92 Å². The van der Waals surface area contributed by atoms with Crippen LogP contribution in [0.1, 0.15) is 6.92 Å². The highest BCUT2D eigenvalue weighted by molar-refractivity contribution is 5.78. The second-order valence-electron chi connectivity index (χ2n) is 5.84. The molecule has 8 nitrogen and oxygen atoms in total. The molecule has 3 rings (SSSR count). The number of anilines is 1. The van der Waals surface area contributed by atoms with Crippen molar-refractivity contribution in [1.29, 1.82) is 0 Å². The summed E-state index contributed by atoms with van der Waals surface area (Å²) in [6, 6.07) is 3.59. The lowest BCUT2D eigenvalue weighted by atomic mass is 10.1. The molecule has 0 spiro atoms. The minimum Gasteiger partial charge on any atom is -0.481 e. The average molecular weight is 330 g/mol. The lowest BCUT2D eigenvalue weighted by Crippen LogP contribution is -2.51. The molecule has 1 aliphatic heterocycles. The third kappa shape index (κ3) is 3.64. The van der Waals surface area contributed by atoms with Gasteiger partial charge in [0, 0.05) is 50.8 Å². The second kappa shape index (κ2) is 7.29. The van der Waals surface area contributed by atoms with E-state index in [-0.39, 0.29) is 11.8 Å². The molecule has 0 radical (unpaired) electrons. The summed E-state index contributed by atoms with van der Waals surface area (Å²) in [7, 11) is 1.59. The van der Waals surface area contributed by atoms with E-state index in [4.69, 9.17) is 4.74 Å². The molecular formula is C16H22N6O2. The van der Waals surface area contributed by atoms with Crippen molar-refractivity contribution in [3.63, 3.8) is 0 Å². The van der Waals surface area contributed by atoms with Crippen LogP contribution in [-0.4, -0.2) is 63.8 Å². The molecule has 128 valence electrons. The first kappa shape index (κ1) is 16.2. The molecule has 1 aliphatic rings. The Balaban J connectivity index is 1.55. The number of piperazine rings is 1. The zero-order valence-corrected chi connectivity index (χ0v) is 14.0. The smallest absolute Gasteiger partial charge is 0.228 e. The molecular weight excluding hydrogens is 308 g/mol. The van der Waals surface area contributed by atoms with E-state index < -0.39 is 0 Å². The van der Waals surface area contributed by atoms with Crippen LogP contribution in [0, 0.1) is 5.92 Å². The molecule has 3 heterocycles. The number of carbonyl (C=O) groups excluding carboxylic acids is 1. The number of hydrogen-bond acceptors (Lipinski definition) is 6. The molecule has 1 amide bonds. The molecule has 2 aromatic heterocycles. The Morgan fingerprint density at radius 1 is 1.29 bits per heavy atom. The summed E-state index contributed by atoms with van der Waals surface area (Å²) in [5, 5.41) is 4.16. The molecule has 24 heavy (non-hydrogen) atoms. The zero-order valence-electron chi connectivity index (χ0n) is 14.0. The van der Waals surface area contributed by atoms with E-state index in [1.54, 1.807) is 30.3 Å². The molecule has 0 N–H and O–H groups in total. The van der Waals surface area contributed by atoms with Crippen LogP contribution in [-0.2, 0) is 11.3 Å². The van der Waals surface area contributed by atoms with Crippen LogP contribution in [0.3, 0.4) is 0 Å². The van der Waals surface area contributed by atoms with Gasteiger partial charge in [0.05, 0.1) is 19.6 Å². The van der Waals surface area contributed by atoms with Crippen LogP contribution < -0.4 is 9.64 Å². The summed E-state index contributed by atoms with van der Waals surface area (Å²) in [6.45, 7) is 5.32. The van der Waals surface area contributed by atoms with Gasteiger partial charge < -0.3 is 14.5 Å². The normalized spacial score (nSPS) is 16.1. The Labute approximate surface area is 141 Å². The van der Waals surface area contributed by atoms with Gasteiger partial charge in [-0.25, -0.2) is 4.98 Å². The predicted octanol–water partition coefficient (Wildman–Crippen LogP) is 0.667. The first-order chi connectivity index (χ1) is 11.7. The number of hydrogen-bond donors (Lipinski definition) is 0. The molecule has 1 saturated heterocycles.